The molecular weight excluding hydrogens is 336 g/mol. The van der Waals surface area contributed by atoms with Crippen LogP contribution < -0.4 is 10.6 Å². The number of carbonyl (C=O) groups excluding carboxylic acids is 2. The second kappa shape index (κ2) is 6.01. The third kappa shape index (κ3) is 3.17. The SMILES string of the molecule is CC(=O)NC12CC3CC(C1)CC(C(=O)NCc1cccc(Cl)c1)(C3)C2. The Bertz CT molecular complexity index is 703. The van der Waals surface area contributed by atoms with Gasteiger partial charge < -0.3 is 10.6 Å². The minimum Gasteiger partial charge on any atom is -0.352 e. The molecule has 4 saturated carbocycles. The van der Waals surface area contributed by atoms with Crippen molar-refractivity contribution < 1.29 is 9.59 Å². The molecule has 2 amide bonds. The fourth-order valence-electron chi connectivity index (χ4n) is 6.06. The quantitative estimate of drug-likeness (QED) is 0.864. The van der Waals surface area contributed by atoms with Crippen LogP contribution in [0.15, 0.2) is 24.3 Å². The van der Waals surface area contributed by atoms with Crippen LogP contribution in [0.5, 0.6) is 0 Å². The molecule has 2 unspecified atom stereocenters. The first-order valence-corrected chi connectivity index (χ1v) is 9.57. The van der Waals surface area contributed by atoms with Gasteiger partial charge in [0.25, 0.3) is 0 Å². The van der Waals surface area contributed by atoms with E-state index in [1.807, 2.05) is 24.3 Å². The van der Waals surface area contributed by atoms with E-state index < -0.39 is 0 Å². The van der Waals surface area contributed by atoms with Gasteiger partial charge >= 0.3 is 0 Å². The second-order valence-corrected chi connectivity index (χ2v) is 8.95. The van der Waals surface area contributed by atoms with Crippen molar-refractivity contribution in [3.05, 3.63) is 34.9 Å². The van der Waals surface area contributed by atoms with Crippen LogP contribution in [0.2, 0.25) is 5.02 Å². The summed E-state index contributed by atoms with van der Waals surface area (Å²) in [6.07, 6.45) is 6.00. The fourth-order valence-corrected chi connectivity index (χ4v) is 6.28. The van der Waals surface area contributed by atoms with E-state index >= 15 is 0 Å². The first-order chi connectivity index (χ1) is 11.9. The van der Waals surface area contributed by atoms with Crippen LogP contribution in [0.4, 0.5) is 0 Å². The Morgan fingerprint density at radius 3 is 2.56 bits per heavy atom. The summed E-state index contributed by atoms with van der Waals surface area (Å²) in [5.74, 6) is 1.29. The van der Waals surface area contributed by atoms with E-state index in [0.717, 1.165) is 37.7 Å². The van der Waals surface area contributed by atoms with Crippen LogP contribution in [0, 0.1) is 17.3 Å². The van der Waals surface area contributed by atoms with E-state index in [0.29, 0.717) is 23.4 Å². The van der Waals surface area contributed by atoms with Crippen LogP contribution in [0.25, 0.3) is 0 Å². The van der Waals surface area contributed by atoms with Gasteiger partial charge in [0.05, 0.1) is 5.41 Å². The number of halogens is 1. The molecule has 0 aliphatic heterocycles. The monoisotopic (exact) mass is 360 g/mol. The summed E-state index contributed by atoms with van der Waals surface area (Å²) >= 11 is 6.03. The summed E-state index contributed by atoms with van der Waals surface area (Å²) < 4.78 is 0. The van der Waals surface area contributed by atoms with Crippen molar-refractivity contribution in [1.29, 1.82) is 0 Å². The summed E-state index contributed by atoms with van der Waals surface area (Å²) in [6, 6.07) is 7.61. The summed E-state index contributed by atoms with van der Waals surface area (Å²) in [4.78, 5) is 24.8. The normalized spacial score (nSPS) is 35.4. The summed E-state index contributed by atoms with van der Waals surface area (Å²) in [7, 11) is 0. The largest absolute Gasteiger partial charge is 0.352 e. The van der Waals surface area contributed by atoms with E-state index in [-0.39, 0.29) is 22.8 Å². The molecular formula is C20H25ClN2O2. The predicted molar refractivity (Wildman–Crippen MR) is 97.0 cm³/mol. The molecule has 0 radical (unpaired) electrons. The van der Waals surface area contributed by atoms with Crippen molar-refractivity contribution in [3.8, 4) is 0 Å². The van der Waals surface area contributed by atoms with Gasteiger partial charge in [0.2, 0.25) is 11.8 Å². The van der Waals surface area contributed by atoms with E-state index in [4.69, 9.17) is 11.6 Å². The molecule has 1 aromatic rings. The second-order valence-electron chi connectivity index (χ2n) is 8.52. The molecule has 0 aromatic heterocycles. The topological polar surface area (TPSA) is 58.2 Å². The summed E-state index contributed by atoms with van der Waals surface area (Å²) in [5, 5.41) is 7.04. The lowest BCUT2D eigenvalue weighted by molar-refractivity contribution is -0.153. The van der Waals surface area contributed by atoms with Crippen LogP contribution >= 0.6 is 11.6 Å². The third-order valence-electron chi connectivity index (χ3n) is 6.33. The lowest BCUT2D eigenvalue weighted by atomic mass is 9.46. The number of benzene rings is 1. The summed E-state index contributed by atoms with van der Waals surface area (Å²) in [5.41, 5.74) is 0.538. The Morgan fingerprint density at radius 1 is 1.20 bits per heavy atom. The van der Waals surface area contributed by atoms with Crippen molar-refractivity contribution in [2.24, 2.45) is 17.3 Å². The lowest BCUT2D eigenvalue weighted by Gasteiger charge is -2.61. The molecule has 1 aromatic carbocycles. The van der Waals surface area contributed by atoms with E-state index in [1.54, 1.807) is 6.92 Å². The van der Waals surface area contributed by atoms with Crippen LogP contribution in [-0.2, 0) is 16.1 Å². The van der Waals surface area contributed by atoms with Gasteiger partial charge in [-0.25, -0.2) is 0 Å². The van der Waals surface area contributed by atoms with Gasteiger partial charge in [0.1, 0.15) is 0 Å². The van der Waals surface area contributed by atoms with Crippen LogP contribution in [0.3, 0.4) is 0 Å². The third-order valence-corrected chi connectivity index (χ3v) is 6.56. The Balaban J connectivity index is 1.50. The van der Waals surface area contributed by atoms with Gasteiger partial charge in [-0.1, -0.05) is 23.7 Å². The molecule has 0 heterocycles. The number of rotatable bonds is 4. The average molecular weight is 361 g/mol. The van der Waals surface area contributed by atoms with Crippen LogP contribution in [0.1, 0.15) is 51.0 Å². The Kier molecular flexibility index (Phi) is 4.06. The molecule has 5 heteroatoms. The minimum absolute atomic E-state index is 0.0245. The maximum atomic E-state index is 13.1. The molecule has 4 nitrogen and oxygen atoms in total. The standard InChI is InChI=1S/C20H25ClN2O2/c1-13(24)23-20-9-15-5-16(10-20)8-19(7-15,12-20)18(25)22-11-14-3-2-4-17(21)6-14/h2-4,6,15-16H,5,7-12H2,1H3,(H,22,25)(H,23,24). The van der Waals surface area contributed by atoms with Gasteiger partial charge in [0.15, 0.2) is 0 Å². The van der Waals surface area contributed by atoms with Gasteiger partial charge in [-0.15, -0.1) is 0 Å². The zero-order chi connectivity index (χ0) is 17.7. The van der Waals surface area contributed by atoms with Crippen molar-refractivity contribution in [1.82, 2.24) is 10.6 Å². The minimum atomic E-state index is -0.314. The highest BCUT2D eigenvalue weighted by Crippen LogP contribution is 2.61. The molecule has 5 rings (SSSR count). The molecule has 4 bridgehead atoms. The Hall–Kier alpha value is -1.55. The first kappa shape index (κ1) is 16.9. The number of nitrogens with one attached hydrogen (secondary N) is 2. The smallest absolute Gasteiger partial charge is 0.226 e. The highest BCUT2D eigenvalue weighted by molar-refractivity contribution is 6.30. The molecule has 134 valence electrons. The van der Waals surface area contributed by atoms with Crippen molar-refractivity contribution in [2.75, 3.05) is 0 Å². The number of amides is 2. The van der Waals surface area contributed by atoms with Gasteiger partial charge in [-0.2, -0.15) is 0 Å². The molecule has 2 N–H and O–H groups in total. The Morgan fingerprint density at radius 2 is 1.92 bits per heavy atom. The molecule has 4 aliphatic rings. The van der Waals surface area contributed by atoms with Crippen molar-refractivity contribution >= 4 is 23.4 Å². The van der Waals surface area contributed by atoms with Gasteiger partial charge in [0, 0.05) is 24.0 Å². The number of hydrogen-bond donors (Lipinski definition) is 2. The Labute approximate surface area is 153 Å². The van der Waals surface area contributed by atoms with E-state index in [2.05, 4.69) is 10.6 Å². The highest BCUT2D eigenvalue weighted by atomic mass is 35.5. The number of carbonyl (C=O) groups is 2. The maximum absolute atomic E-state index is 13.1. The molecule has 4 fully saturated rings. The average Bonchev–Trinajstić information content (AvgIpc) is 2.50. The van der Waals surface area contributed by atoms with E-state index in [1.165, 1.54) is 6.42 Å². The van der Waals surface area contributed by atoms with E-state index in [9.17, 15) is 9.59 Å². The van der Waals surface area contributed by atoms with Crippen LogP contribution in [-0.4, -0.2) is 17.4 Å². The zero-order valence-electron chi connectivity index (χ0n) is 14.6. The predicted octanol–water partition coefficient (Wildman–Crippen LogP) is 3.43. The fraction of sp³-hybridized carbons (Fsp3) is 0.600. The van der Waals surface area contributed by atoms with Crippen molar-refractivity contribution in [2.45, 2.75) is 57.5 Å². The van der Waals surface area contributed by atoms with Crippen molar-refractivity contribution in [3.63, 3.8) is 0 Å². The molecule has 25 heavy (non-hydrogen) atoms. The number of hydrogen-bond acceptors (Lipinski definition) is 2. The molecule has 0 saturated heterocycles. The summed E-state index contributed by atoms with van der Waals surface area (Å²) in [6.45, 7) is 2.09. The van der Waals surface area contributed by atoms with Gasteiger partial charge in [-0.05, 0) is 68.1 Å². The maximum Gasteiger partial charge on any atom is 0.226 e. The molecule has 0 spiro atoms. The molecule has 2 atom stereocenters. The van der Waals surface area contributed by atoms with Gasteiger partial charge in [-0.3, -0.25) is 9.59 Å². The highest BCUT2D eigenvalue weighted by Gasteiger charge is 2.60. The lowest BCUT2D eigenvalue weighted by Crippen LogP contribution is -2.65. The zero-order valence-corrected chi connectivity index (χ0v) is 15.4. The first-order valence-electron chi connectivity index (χ1n) is 9.20. The molecule has 4 aliphatic carbocycles.